The Balaban J connectivity index is 1.91. The normalized spacial score (nSPS) is 26.2. The summed E-state index contributed by atoms with van der Waals surface area (Å²) in [6.07, 6.45) is -4.99. The minimum absolute atomic E-state index is 0.0941. The van der Waals surface area contributed by atoms with Gasteiger partial charge < -0.3 is 15.5 Å². The van der Waals surface area contributed by atoms with Gasteiger partial charge >= 0.3 is 6.18 Å². The Morgan fingerprint density at radius 3 is 2.29 bits per heavy atom. The van der Waals surface area contributed by atoms with E-state index >= 15 is 0 Å². The zero-order chi connectivity index (χ0) is 15.8. The quantitative estimate of drug-likeness (QED) is 0.801. The molecular weight excluding hydrogens is 283 g/mol. The molecule has 1 aliphatic rings. The summed E-state index contributed by atoms with van der Waals surface area (Å²) in [5.41, 5.74) is -0.539. The highest BCUT2D eigenvalue weighted by Crippen LogP contribution is 2.40. The van der Waals surface area contributed by atoms with Crippen molar-refractivity contribution in [1.29, 1.82) is 0 Å². The summed E-state index contributed by atoms with van der Waals surface area (Å²) in [4.78, 5) is 0. The third kappa shape index (κ3) is 3.39. The van der Waals surface area contributed by atoms with Crippen molar-refractivity contribution < 1.29 is 23.4 Å². The number of nitrogens with one attached hydrogen (secondary N) is 1. The lowest BCUT2D eigenvalue weighted by Gasteiger charge is -2.50. The average Bonchev–Trinajstić information content (AvgIpc) is 2.42. The molecule has 0 aliphatic heterocycles. The van der Waals surface area contributed by atoms with E-state index in [1.807, 2.05) is 13.8 Å². The van der Waals surface area contributed by atoms with Crippen LogP contribution in [0.2, 0.25) is 0 Å². The zero-order valence-electron chi connectivity index (χ0n) is 12.0. The molecule has 1 saturated carbocycles. The van der Waals surface area contributed by atoms with Gasteiger partial charge in [-0.2, -0.15) is 13.2 Å². The number of aliphatic hydroxyl groups excluding tert-OH is 2. The lowest BCUT2D eigenvalue weighted by Crippen LogP contribution is -2.60. The highest BCUT2D eigenvalue weighted by molar-refractivity contribution is 5.26. The summed E-state index contributed by atoms with van der Waals surface area (Å²) in [6, 6.07) is 4.61. The molecule has 3 atom stereocenters. The molecule has 0 amide bonds. The molecule has 0 radical (unpaired) electrons. The molecule has 1 aromatic carbocycles. The van der Waals surface area contributed by atoms with E-state index in [9.17, 15) is 23.4 Å². The Morgan fingerprint density at radius 1 is 1.29 bits per heavy atom. The molecule has 0 saturated heterocycles. The van der Waals surface area contributed by atoms with Crippen LogP contribution in [0.4, 0.5) is 13.2 Å². The zero-order valence-corrected chi connectivity index (χ0v) is 12.0. The van der Waals surface area contributed by atoms with Gasteiger partial charge in [-0.05, 0) is 24.1 Å². The van der Waals surface area contributed by atoms with Crippen molar-refractivity contribution >= 4 is 0 Å². The van der Waals surface area contributed by atoms with E-state index < -0.39 is 17.8 Å². The van der Waals surface area contributed by atoms with Crippen LogP contribution in [0.25, 0.3) is 0 Å². The Kier molecular flexibility index (Phi) is 4.33. The fraction of sp³-hybridized carbons (Fsp3) is 0.600. The van der Waals surface area contributed by atoms with Gasteiger partial charge in [0.1, 0.15) is 0 Å². The van der Waals surface area contributed by atoms with Crippen molar-refractivity contribution in [2.45, 2.75) is 44.7 Å². The van der Waals surface area contributed by atoms with Gasteiger partial charge in [0, 0.05) is 18.0 Å². The van der Waals surface area contributed by atoms with Crippen molar-refractivity contribution in [2.75, 3.05) is 6.54 Å². The van der Waals surface area contributed by atoms with Crippen molar-refractivity contribution in [3.63, 3.8) is 0 Å². The lowest BCUT2D eigenvalue weighted by molar-refractivity contribution is -0.137. The van der Waals surface area contributed by atoms with Crippen LogP contribution in [0, 0.1) is 5.41 Å². The van der Waals surface area contributed by atoms with Gasteiger partial charge in [-0.3, -0.25) is 0 Å². The molecule has 0 aromatic heterocycles. The predicted octanol–water partition coefficient (Wildman–Crippen LogP) is 2.49. The molecule has 1 fully saturated rings. The van der Waals surface area contributed by atoms with Gasteiger partial charge in [0.25, 0.3) is 0 Å². The van der Waals surface area contributed by atoms with Crippen LogP contribution in [0.15, 0.2) is 24.3 Å². The average molecular weight is 303 g/mol. The van der Waals surface area contributed by atoms with Gasteiger partial charge in [0.05, 0.1) is 17.8 Å². The topological polar surface area (TPSA) is 52.5 Å². The maximum absolute atomic E-state index is 12.5. The van der Waals surface area contributed by atoms with Gasteiger partial charge in [0.15, 0.2) is 0 Å². The summed E-state index contributed by atoms with van der Waals surface area (Å²) in [5, 5.41) is 22.8. The van der Waals surface area contributed by atoms with Crippen molar-refractivity contribution in [3.8, 4) is 0 Å². The molecule has 2 rings (SSSR count). The maximum Gasteiger partial charge on any atom is 0.416 e. The second-order valence-corrected chi connectivity index (χ2v) is 6.17. The second-order valence-electron chi connectivity index (χ2n) is 6.17. The second kappa shape index (κ2) is 5.59. The number of rotatable bonds is 4. The summed E-state index contributed by atoms with van der Waals surface area (Å²) in [7, 11) is 0. The smallest absolute Gasteiger partial charge is 0.392 e. The molecule has 1 aliphatic carbocycles. The first-order valence-electron chi connectivity index (χ1n) is 6.89. The maximum atomic E-state index is 12.5. The highest BCUT2D eigenvalue weighted by Gasteiger charge is 2.46. The number of aliphatic hydroxyl groups is 2. The highest BCUT2D eigenvalue weighted by atomic mass is 19.4. The Morgan fingerprint density at radius 2 is 1.86 bits per heavy atom. The van der Waals surface area contributed by atoms with E-state index in [0.717, 1.165) is 12.1 Å². The SMILES string of the molecule is CC1(C)C(O)CC1NCC(O)c1ccc(C(F)(F)F)cc1. The van der Waals surface area contributed by atoms with Gasteiger partial charge in [-0.25, -0.2) is 0 Å². The molecule has 3 unspecified atom stereocenters. The van der Waals surface area contributed by atoms with Crippen LogP contribution in [0.1, 0.15) is 37.5 Å². The first kappa shape index (κ1) is 16.3. The van der Waals surface area contributed by atoms with Crippen LogP contribution in [-0.2, 0) is 6.18 Å². The first-order valence-corrected chi connectivity index (χ1v) is 6.89. The van der Waals surface area contributed by atoms with Crippen LogP contribution in [-0.4, -0.2) is 28.9 Å². The van der Waals surface area contributed by atoms with E-state index in [-0.39, 0.29) is 24.1 Å². The summed E-state index contributed by atoms with van der Waals surface area (Å²) in [6.45, 7) is 4.11. The largest absolute Gasteiger partial charge is 0.416 e. The molecule has 1 aromatic rings. The Labute approximate surface area is 121 Å². The van der Waals surface area contributed by atoms with E-state index in [1.165, 1.54) is 12.1 Å². The summed E-state index contributed by atoms with van der Waals surface area (Å²) < 4.78 is 37.4. The molecule has 21 heavy (non-hydrogen) atoms. The minimum Gasteiger partial charge on any atom is -0.392 e. The molecule has 0 bridgehead atoms. The van der Waals surface area contributed by atoms with Crippen molar-refractivity contribution in [3.05, 3.63) is 35.4 Å². The monoisotopic (exact) mass is 303 g/mol. The standard InChI is InChI=1S/C15H20F3NO2/c1-14(2)12(7-13(14)21)19-8-11(20)9-3-5-10(6-4-9)15(16,17)18/h3-6,11-13,19-21H,7-8H2,1-2H3. The first-order chi connectivity index (χ1) is 9.62. The van der Waals surface area contributed by atoms with Gasteiger partial charge in [-0.1, -0.05) is 26.0 Å². The van der Waals surface area contributed by atoms with Crippen LogP contribution >= 0.6 is 0 Å². The van der Waals surface area contributed by atoms with E-state index in [0.29, 0.717) is 12.0 Å². The number of hydrogen-bond donors (Lipinski definition) is 3. The molecular formula is C15H20F3NO2. The van der Waals surface area contributed by atoms with Crippen LogP contribution in [0.3, 0.4) is 0 Å². The third-order valence-corrected chi connectivity index (χ3v) is 4.40. The Hall–Kier alpha value is -1.11. The lowest BCUT2D eigenvalue weighted by atomic mass is 9.64. The third-order valence-electron chi connectivity index (χ3n) is 4.40. The molecule has 118 valence electrons. The molecule has 3 nitrogen and oxygen atoms in total. The van der Waals surface area contributed by atoms with Gasteiger partial charge in [0.2, 0.25) is 0 Å². The van der Waals surface area contributed by atoms with E-state index in [4.69, 9.17) is 0 Å². The number of benzene rings is 1. The summed E-state index contributed by atoms with van der Waals surface area (Å²) in [5.74, 6) is 0. The predicted molar refractivity (Wildman–Crippen MR) is 72.6 cm³/mol. The van der Waals surface area contributed by atoms with Crippen molar-refractivity contribution in [2.24, 2.45) is 5.41 Å². The van der Waals surface area contributed by atoms with E-state index in [2.05, 4.69) is 5.32 Å². The van der Waals surface area contributed by atoms with Gasteiger partial charge in [-0.15, -0.1) is 0 Å². The number of hydrogen-bond acceptors (Lipinski definition) is 3. The molecule has 0 spiro atoms. The van der Waals surface area contributed by atoms with Crippen molar-refractivity contribution in [1.82, 2.24) is 5.32 Å². The fourth-order valence-corrected chi connectivity index (χ4v) is 2.51. The van der Waals surface area contributed by atoms with E-state index in [1.54, 1.807) is 0 Å². The molecule has 3 N–H and O–H groups in total. The molecule has 6 heteroatoms. The van der Waals surface area contributed by atoms with Crippen LogP contribution in [0.5, 0.6) is 0 Å². The number of alkyl halides is 3. The minimum atomic E-state index is -4.37. The summed E-state index contributed by atoms with van der Waals surface area (Å²) >= 11 is 0. The fourth-order valence-electron chi connectivity index (χ4n) is 2.51. The molecule has 0 heterocycles. The Bertz CT molecular complexity index is 485. The van der Waals surface area contributed by atoms with Crippen LogP contribution < -0.4 is 5.32 Å². The number of halogens is 3.